The number of nitrogen functional groups attached to an aromatic ring is 1. The third kappa shape index (κ3) is 2.69. The quantitative estimate of drug-likeness (QED) is 0.749. The molecule has 2 N–H and O–H groups in total. The van der Waals surface area contributed by atoms with Gasteiger partial charge >= 0.3 is 5.97 Å². The zero-order valence-corrected chi connectivity index (χ0v) is 8.43. The molecule has 0 radical (unpaired) electrons. The summed E-state index contributed by atoms with van der Waals surface area (Å²) < 4.78 is 4.55. The molecular weight excluding hydrogens is 188 g/mol. The topological polar surface area (TPSA) is 65.2 Å². The van der Waals surface area contributed by atoms with Crippen molar-refractivity contribution in [2.24, 2.45) is 0 Å². The van der Waals surface area contributed by atoms with Gasteiger partial charge in [0.2, 0.25) is 0 Å². The van der Waals surface area contributed by atoms with Gasteiger partial charge in [-0.3, -0.25) is 4.79 Å². The minimum Gasteiger partial charge on any atom is -0.469 e. The molecule has 1 aromatic heterocycles. The Kier molecular flexibility index (Phi) is 3.25. The van der Waals surface area contributed by atoms with Gasteiger partial charge < -0.3 is 10.5 Å². The molecule has 0 aliphatic rings. The van der Waals surface area contributed by atoms with Crippen molar-refractivity contribution in [3.05, 3.63) is 11.1 Å². The molecule has 1 aromatic rings. The van der Waals surface area contributed by atoms with Crippen molar-refractivity contribution >= 4 is 22.4 Å². The lowest BCUT2D eigenvalue weighted by Crippen LogP contribution is -2.06. The molecule has 0 saturated heterocycles. The zero-order chi connectivity index (χ0) is 9.84. The molecule has 0 aliphatic carbocycles. The predicted molar refractivity (Wildman–Crippen MR) is 51.6 cm³/mol. The van der Waals surface area contributed by atoms with Crippen LogP contribution in [0.5, 0.6) is 0 Å². The minimum absolute atomic E-state index is 0.0704. The summed E-state index contributed by atoms with van der Waals surface area (Å²) in [7, 11) is 1.38. The number of carbonyl (C=O) groups excluding carboxylic acids is 1. The summed E-state index contributed by atoms with van der Waals surface area (Å²) in [4.78, 5) is 15.0. The lowest BCUT2D eigenvalue weighted by atomic mass is 10.1. The van der Waals surface area contributed by atoms with E-state index in [-0.39, 0.29) is 11.9 Å². The molecule has 0 spiro atoms. The Bertz CT molecular complexity index is 298. The largest absolute Gasteiger partial charge is 0.469 e. The molecule has 4 nitrogen and oxygen atoms in total. The Morgan fingerprint density at radius 1 is 1.85 bits per heavy atom. The second-order valence-corrected chi connectivity index (χ2v) is 3.68. The van der Waals surface area contributed by atoms with Crippen LogP contribution in [0.15, 0.2) is 5.38 Å². The number of hydrogen-bond donors (Lipinski definition) is 1. The number of nitrogens with two attached hydrogens (primary N) is 1. The number of aromatic nitrogens is 1. The number of ether oxygens (including phenoxy) is 1. The maximum Gasteiger partial charge on any atom is 0.306 e. The summed E-state index contributed by atoms with van der Waals surface area (Å²) in [6, 6.07) is 0. The first-order valence-electron chi connectivity index (χ1n) is 3.91. The summed E-state index contributed by atoms with van der Waals surface area (Å²) in [6.07, 6.45) is 0.347. The van der Waals surface area contributed by atoms with E-state index >= 15 is 0 Å². The van der Waals surface area contributed by atoms with E-state index in [0.29, 0.717) is 11.6 Å². The van der Waals surface area contributed by atoms with Crippen LogP contribution in [-0.4, -0.2) is 18.1 Å². The monoisotopic (exact) mass is 200 g/mol. The van der Waals surface area contributed by atoms with Crippen LogP contribution < -0.4 is 5.73 Å². The number of thiazole rings is 1. The van der Waals surface area contributed by atoms with Crippen molar-refractivity contribution in [3.8, 4) is 0 Å². The van der Waals surface area contributed by atoms with Crippen molar-refractivity contribution < 1.29 is 9.53 Å². The van der Waals surface area contributed by atoms with E-state index < -0.39 is 0 Å². The smallest absolute Gasteiger partial charge is 0.306 e. The van der Waals surface area contributed by atoms with Crippen molar-refractivity contribution in [1.29, 1.82) is 0 Å². The van der Waals surface area contributed by atoms with Crippen molar-refractivity contribution in [3.63, 3.8) is 0 Å². The van der Waals surface area contributed by atoms with Crippen LogP contribution in [0.4, 0.5) is 5.13 Å². The van der Waals surface area contributed by atoms with E-state index in [1.807, 2.05) is 12.3 Å². The van der Waals surface area contributed by atoms with Gasteiger partial charge in [0.1, 0.15) is 0 Å². The van der Waals surface area contributed by atoms with E-state index in [4.69, 9.17) is 5.73 Å². The Hall–Kier alpha value is -1.10. The number of hydrogen-bond acceptors (Lipinski definition) is 5. The van der Waals surface area contributed by atoms with Crippen LogP contribution in [0, 0.1) is 0 Å². The second-order valence-electron chi connectivity index (χ2n) is 2.79. The van der Waals surface area contributed by atoms with Crippen LogP contribution in [-0.2, 0) is 9.53 Å². The number of methoxy groups -OCH3 is 1. The summed E-state index contributed by atoms with van der Waals surface area (Å²) >= 11 is 1.38. The predicted octanol–water partition coefficient (Wildman–Crippen LogP) is 1.39. The van der Waals surface area contributed by atoms with E-state index in [0.717, 1.165) is 5.69 Å². The molecule has 0 bridgehead atoms. The SMILES string of the molecule is COC(=O)CC(C)c1csc(N)n1. The average molecular weight is 200 g/mol. The van der Waals surface area contributed by atoms with E-state index in [2.05, 4.69) is 9.72 Å². The molecule has 0 aliphatic heterocycles. The Morgan fingerprint density at radius 3 is 3.00 bits per heavy atom. The Labute approximate surface area is 80.7 Å². The molecule has 1 heterocycles. The molecule has 72 valence electrons. The van der Waals surface area contributed by atoms with Gasteiger partial charge in [0.05, 0.1) is 19.2 Å². The van der Waals surface area contributed by atoms with Gasteiger partial charge in [-0.1, -0.05) is 6.92 Å². The molecule has 1 rings (SSSR count). The maximum absolute atomic E-state index is 10.9. The first-order chi connectivity index (χ1) is 6.13. The third-order valence-electron chi connectivity index (χ3n) is 1.75. The van der Waals surface area contributed by atoms with Crippen LogP contribution >= 0.6 is 11.3 Å². The molecule has 0 amide bonds. The van der Waals surface area contributed by atoms with Crippen LogP contribution in [0.25, 0.3) is 0 Å². The normalized spacial score (nSPS) is 12.5. The summed E-state index contributed by atoms with van der Waals surface area (Å²) in [6.45, 7) is 1.92. The average Bonchev–Trinajstić information content (AvgIpc) is 2.51. The highest BCUT2D eigenvalue weighted by Crippen LogP contribution is 2.22. The van der Waals surface area contributed by atoms with Gasteiger partial charge in [-0.05, 0) is 0 Å². The van der Waals surface area contributed by atoms with E-state index in [1.165, 1.54) is 18.4 Å². The van der Waals surface area contributed by atoms with Gasteiger partial charge in [-0.15, -0.1) is 11.3 Å². The molecule has 0 saturated carbocycles. The van der Waals surface area contributed by atoms with E-state index in [9.17, 15) is 4.79 Å². The molecule has 1 atom stereocenters. The first-order valence-corrected chi connectivity index (χ1v) is 4.79. The summed E-state index contributed by atoms with van der Waals surface area (Å²) in [5, 5.41) is 2.40. The fourth-order valence-electron chi connectivity index (χ4n) is 0.965. The van der Waals surface area contributed by atoms with Crippen LogP contribution in [0.1, 0.15) is 25.0 Å². The number of carbonyl (C=O) groups is 1. The zero-order valence-electron chi connectivity index (χ0n) is 7.61. The van der Waals surface area contributed by atoms with Gasteiger partial charge in [0, 0.05) is 11.3 Å². The number of rotatable bonds is 3. The number of anilines is 1. The summed E-state index contributed by atoms with van der Waals surface area (Å²) in [5.41, 5.74) is 6.33. The van der Waals surface area contributed by atoms with Crippen molar-refractivity contribution in [1.82, 2.24) is 4.98 Å². The molecule has 1 unspecified atom stereocenters. The maximum atomic E-state index is 10.9. The molecule has 13 heavy (non-hydrogen) atoms. The standard InChI is InChI=1S/C8H12N2O2S/c1-5(3-7(11)12-2)6-4-13-8(9)10-6/h4-5H,3H2,1-2H3,(H2,9,10). The number of nitrogens with zero attached hydrogens (tertiary/aromatic N) is 1. The Morgan fingerprint density at radius 2 is 2.54 bits per heavy atom. The highest BCUT2D eigenvalue weighted by molar-refractivity contribution is 7.13. The fraction of sp³-hybridized carbons (Fsp3) is 0.500. The van der Waals surface area contributed by atoms with Crippen molar-refractivity contribution in [2.75, 3.05) is 12.8 Å². The molecule has 0 aromatic carbocycles. The van der Waals surface area contributed by atoms with Crippen LogP contribution in [0.2, 0.25) is 0 Å². The van der Waals surface area contributed by atoms with Gasteiger partial charge in [-0.2, -0.15) is 0 Å². The third-order valence-corrected chi connectivity index (χ3v) is 2.44. The van der Waals surface area contributed by atoms with Crippen molar-refractivity contribution in [2.45, 2.75) is 19.3 Å². The van der Waals surface area contributed by atoms with Crippen LogP contribution in [0.3, 0.4) is 0 Å². The second kappa shape index (κ2) is 4.23. The van der Waals surface area contributed by atoms with Gasteiger partial charge in [0.25, 0.3) is 0 Å². The summed E-state index contributed by atoms with van der Waals surface area (Å²) in [5.74, 6) is -0.153. The minimum atomic E-state index is -0.223. The molecular formula is C8H12N2O2S. The lowest BCUT2D eigenvalue weighted by Gasteiger charge is -2.05. The van der Waals surface area contributed by atoms with Gasteiger partial charge in [0.15, 0.2) is 5.13 Å². The van der Waals surface area contributed by atoms with E-state index in [1.54, 1.807) is 0 Å². The van der Waals surface area contributed by atoms with Gasteiger partial charge in [-0.25, -0.2) is 4.98 Å². The Balaban J connectivity index is 2.58. The lowest BCUT2D eigenvalue weighted by molar-refractivity contribution is -0.141. The number of esters is 1. The highest BCUT2D eigenvalue weighted by atomic mass is 32.1. The fourth-order valence-corrected chi connectivity index (χ4v) is 1.65. The first kappa shape index (κ1) is 9.98. The highest BCUT2D eigenvalue weighted by Gasteiger charge is 2.13. The molecule has 5 heteroatoms. The molecule has 0 fully saturated rings.